The standard InChI is InChI=1S/C17H19N7O/c18-15(19)14-8-20-17(22-21-14)23-7-3-5-12(10-23)24-9-11-4-1-2-6-13(11)16(24)25/h1-2,4,6,8,12H,3,5,7,9-10H2,(H3,18,19). The molecule has 2 aliphatic rings. The van der Waals surface area contributed by atoms with Crippen molar-refractivity contribution in [2.75, 3.05) is 18.0 Å². The highest BCUT2D eigenvalue weighted by Crippen LogP contribution is 2.28. The Morgan fingerprint density at radius 3 is 2.84 bits per heavy atom. The number of nitrogens with one attached hydrogen (secondary N) is 1. The number of nitrogen functional groups attached to an aromatic ring is 1. The van der Waals surface area contributed by atoms with Crippen LogP contribution in [0.4, 0.5) is 5.95 Å². The summed E-state index contributed by atoms with van der Waals surface area (Å²) in [6.45, 7) is 2.17. The Hall–Kier alpha value is -3.03. The number of carbonyl (C=O) groups excluding carboxylic acids is 1. The van der Waals surface area contributed by atoms with Crippen molar-refractivity contribution in [3.63, 3.8) is 0 Å². The van der Waals surface area contributed by atoms with Crippen LogP contribution in [0.5, 0.6) is 0 Å². The summed E-state index contributed by atoms with van der Waals surface area (Å²) in [6.07, 6.45) is 3.39. The number of amidine groups is 1. The highest BCUT2D eigenvalue weighted by atomic mass is 16.2. The fraction of sp³-hybridized carbons (Fsp3) is 0.353. The molecule has 3 heterocycles. The van der Waals surface area contributed by atoms with Crippen LogP contribution in [0.2, 0.25) is 0 Å². The maximum atomic E-state index is 12.7. The number of fused-ring (bicyclic) bond motifs is 1. The fourth-order valence-corrected chi connectivity index (χ4v) is 3.50. The first-order valence-corrected chi connectivity index (χ1v) is 8.31. The third-order valence-corrected chi connectivity index (χ3v) is 4.79. The lowest BCUT2D eigenvalue weighted by Gasteiger charge is -2.37. The molecule has 3 N–H and O–H groups in total. The number of benzene rings is 1. The Balaban J connectivity index is 1.50. The summed E-state index contributed by atoms with van der Waals surface area (Å²) in [5, 5.41) is 15.4. The molecule has 1 aromatic heterocycles. The molecule has 0 radical (unpaired) electrons. The number of hydrogen-bond acceptors (Lipinski definition) is 6. The van der Waals surface area contributed by atoms with Crippen LogP contribution in [-0.4, -0.2) is 51.0 Å². The number of carbonyl (C=O) groups is 1. The van der Waals surface area contributed by atoms with Gasteiger partial charge in [0, 0.05) is 25.2 Å². The quantitative estimate of drug-likeness (QED) is 0.632. The van der Waals surface area contributed by atoms with E-state index in [0.717, 1.165) is 30.5 Å². The van der Waals surface area contributed by atoms with Gasteiger partial charge in [0.05, 0.1) is 12.2 Å². The minimum absolute atomic E-state index is 0.105. The first-order chi connectivity index (χ1) is 12.1. The number of aromatic nitrogens is 3. The lowest BCUT2D eigenvalue weighted by Crippen LogP contribution is -2.48. The molecule has 1 saturated heterocycles. The van der Waals surface area contributed by atoms with Gasteiger partial charge in [0.1, 0.15) is 11.5 Å². The second kappa shape index (κ2) is 6.12. The molecule has 2 aliphatic heterocycles. The molecule has 0 saturated carbocycles. The average Bonchev–Trinajstić information content (AvgIpc) is 2.99. The molecule has 0 bridgehead atoms. The Bertz CT molecular complexity index is 820. The molecular formula is C17H19N7O. The predicted octanol–water partition coefficient (Wildman–Crippen LogP) is 0.780. The molecule has 1 atom stereocenters. The van der Waals surface area contributed by atoms with E-state index < -0.39 is 0 Å². The summed E-state index contributed by atoms with van der Waals surface area (Å²) in [5.41, 5.74) is 7.55. The molecule has 8 nitrogen and oxygen atoms in total. The van der Waals surface area contributed by atoms with Crippen LogP contribution >= 0.6 is 0 Å². The highest BCUT2D eigenvalue weighted by Gasteiger charge is 2.35. The lowest BCUT2D eigenvalue weighted by atomic mass is 10.0. The number of nitrogens with two attached hydrogens (primary N) is 1. The Labute approximate surface area is 145 Å². The predicted molar refractivity (Wildman–Crippen MR) is 92.4 cm³/mol. The minimum Gasteiger partial charge on any atom is -0.382 e. The van der Waals surface area contributed by atoms with Crippen LogP contribution < -0.4 is 10.6 Å². The van der Waals surface area contributed by atoms with Gasteiger partial charge in [-0.05, 0) is 24.5 Å². The smallest absolute Gasteiger partial charge is 0.254 e. The van der Waals surface area contributed by atoms with E-state index >= 15 is 0 Å². The summed E-state index contributed by atoms with van der Waals surface area (Å²) in [7, 11) is 0. The van der Waals surface area contributed by atoms with E-state index in [4.69, 9.17) is 11.1 Å². The van der Waals surface area contributed by atoms with Gasteiger partial charge in [0.15, 0.2) is 0 Å². The molecule has 1 unspecified atom stereocenters. The van der Waals surface area contributed by atoms with Crippen molar-refractivity contribution >= 4 is 17.7 Å². The zero-order chi connectivity index (χ0) is 17.4. The van der Waals surface area contributed by atoms with Gasteiger partial charge in [-0.15, -0.1) is 10.2 Å². The molecular weight excluding hydrogens is 318 g/mol. The van der Waals surface area contributed by atoms with E-state index in [1.165, 1.54) is 6.20 Å². The van der Waals surface area contributed by atoms with Crippen LogP contribution in [0.25, 0.3) is 0 Å². The van der Waals surface area contributed by atoms with Crippen molar-refractivity contribution in [3.8, 4) is 0 Å². The van der Waals surface area contributed by atoms with Gasteiger partial charge < -0.3 is 15.5 Å². The molecule has 1 fully saturated rings. The number of anilines is 1. The maximum Gasteiger partial charge on any atom is 0.254 e. The van der Waals surface area contributed by atoms with E-state index in [9.17, 15) is 4.79 Å². The van der Waals surface area contributed by atoms with Gasteiger partial charge in [0.25, 0.3) is 5.91 Å². The van der Waals surface area contributed by atoms with Crippen LogP contribution in [0.1, 0.15) is 34.5 Å². The van der Waals surface area contributed by atoms with Crippen molar-refractivity contribution in [1.29, 1.82) is 5.41 Å². The zero-order valence-corrected chi connectivity index (χ0v) is 13.7. The SMILES string of the molecule is N=C(N)c1cnc(N2CCCC(N3Cc4ccccc4C3=O)C2)nn1. The molecule has 0 aliphatic carbocycles. The molecule has 4 rings (SSSR count). The molecule has 2 aromatic rings. The Kier molecular flexibility index (Phi) is 3.79. The van der Waals surface area contributed by atoms with Crippen molar-refractivity contribution in [1.82, 2.24) is 20.1 Å². The minimum atomic E-state index is -0.150. The van der Waals surface area contributed by atoms with Gasteiger partial charge >= 0.3 is 0 Å². The van der Waals surface area contributed by atoms with Crippen molar-refractivity contribution in [2.45, 2.75) is 25.4 Å². The largest absolute Gasteiger partial charge is 0.382 e. The number of rotatable bonds is 3. The summed E-state index contributed by atoms with van der Waals surface area (Å²) in [5.74, 6) is 0.468. The Morgan fingerprint density at radius 1 is 1.28 bits per heavy atom. The van der Waals surface area contributed by atoms with Crippen molar-refractivity contribution in [3.05, 3.63) is 47.3 Å². The van der Waals surface area contributed by atoms with E-state index in [0.29, 0.717) is 19.0 Å². The lowest BCUT2D eigenvalue weighted by molar-refractivity contribution is 0.0685. The molecule has 128 valence electrons. The van der Waals surface area contributed by atoms with E-state index in [1.54, 1.807) is 0 Å². The second-order valence-electron chi connectivity index (χ2n) is 6.39. The highest BCUT2D eigenvalue weighted by molar-refractivity contribution is 5.98. The number of piperidine rings is 1. The molecule has 8 heteroatoms. The summed E-state index contributed by atoms with van der Waals surface area (Å²) in [4.78, 5) is 21.0. The van der Waals surface area contributed by atoms with Gasteiger partial charge in [-0.25, -0.2) is 4.98 Å². The van der Waals surface area contributed by atoms with E-state index in [2.05, 4.69) is 15.2 Å². The van der Waals surface area contributed by atoms with Gasteiger partial charge in [-0.2, -0.15) is 0 Å². The van der Waals surface area contributed by atoms with Gasteiger partial charge in [-0.3, -0.25) is 10.2 Å². The first kappa shape index (κ1) is 15.5. The first-order valence-electron chi connectivity index (χ1n) is 8.31. The Morgan fingerprint density at radius 2 is 2.12 bits per heavy atom. The fourth-order valence-electron chi connectivity index (χ4n) is 3.50. The monoisotopic (exact) mass is 337 g/mol. The van der Waals surface area contributed by atoms with Crippen LogP contribution in [-0.2, 0) is 6.54 Å². The molecule has 25 heavy (non-hydrogen) atoms. The average molecular weight is 337 g/mol. The second-order valence-corrected chi connectivity index (χ2v) is 6.39. The summed E-state index contributed by atoms with van der Waals surface area (Å²) in [6, 6.07) is 7.92. The zero-order valence-electron chi connectivity index (χ0n) is 13.7. The maximum absolute atomic E-state index is 12.7. The van der Waals surface area contributed by atoms with Crippen LogP contribution in [0.3, 0.4) is 0 Å². The van der Waals surface area contributed by atoms with Crippen LogP contribution in [0, 0.1) is 5.41 Å². The number of nitrogens with zero attached hydrogens (tertiary/aromatic N) is 5. The van der Waals surface area contributed by atoms with Crippen molar-refractivity contribution < 1.29 is 4.79 Å². The van der Waals surface area contributed by atoms with Crippen LogP contribution in [0.15, 0.2) is 30.5 Å². The third kappa shape index (κ3) is 2.79. The summed E-state index contributed by atoms with van der Waals surface area (Å²) < 4.78 is 0. The molecule has 1 aromatic carbocycles. The summed E-state index contributed by atoms with van der Waals surface area (Å²) >= 11 is 0. The normalized spacial score (nSPS) is 19.8. The van der Waals surface area contributed by atoms with Gasteiger partial charge in [-0.1, -0.05) is 18.2 Å². The topological polar surface area (TPSA) is 112 Å². The van der Waals surface area contributed by atoms with Crippen molar-refractivity contribution in [2.24, 2.45) is 5.73 Å². The van der Waals surface area contributed by atoms with E-state index in [1.807, 2.05) is 34.1 Å². The molecule has 0 spiro atoms. The number of amides is 1. The van der Waals surface area contributed by atoms with Gasteiger partial charge in [0.2, 0.25) is 5.95 Å². The van der Waals surface area contributed by atoms with E-state index in [-0.39, 0.29) is 23.5 Å². The number of hydrogen-bond donors (Lipinski definition) is 2. The third-order valence-electron chi connectivity index (χ3n) is 4.79. The molecule has 1 amide bonds.